The Labute approximate surface area is 67.6 Å². The molecule has 0 radical (unpaired) electrons. The second-order valence-electron chi connectivity index (χ2n) is 3.67. The van der Waals surface area contributed by atoms with Crippen molar-refractivity contribution >= 4 is 0 Å². The third-order valence-corrected chi connectivity index (χ3v) is 1.71. The summed E-state index contributed by atoms with van der Waals surface area (Å²) in [4.78, 5) is 1.74. The molecular formula is C8H14N2O. The van der Waals surface area contributed by atoms with Crippen LogP contribution in [-0.4, -0.2) is 29.7 Å². The van der Waals surface area contributed by atoms with Crippen LogP contribution in [0.5, 0.6) is 0 Å². The van der Waals surface area contributed by atoms with Gasteiger partial charge in [0.1, 0.15) is 0 Å². The van der Waals surface area contributed by atoms with Gasteiger partial charge in [0.15, 0.2) is 6.19 Å². The molecule has 1 unspecified atom stereocenters. The van der Waals surface area contributed by atoms with Crippen LogP contribution in [0, 0.1) is 11.5 Å². The lowest BCUT2D eigenvalue weighted by Crippen LogP contribution is -2.49. The summed E-state index contributed by atoms with van der Waals surface area (Å²) in [5, 5.41) is 8.66. The van der Waals surface area contributed by atoms with E-state index in [4.69, 9.17) is 10.00 Å². The summed E-state index contributed by atoms with van der Waals surface area (Å²) in [6.07, 6.45) is 2.31. The van der Waals surface area contributed by atoms with Gasteiger partial charge in [-0.1, -0.05) is 0 Å². The fraction of sp³-hybridized carbons (Fsp3) is 0.875. The summed E-state index contributed by atoms with van der Waals surface area (Å²) in [5.74, 6) is 0. The smallest absolute Gasteiger partial charge is 0.179 e. The molecule has 0 aliphatic carbocycles. The Morgan fingerprint density at radius 2 is 2.27 bits per heavy atom. The first-order chi connectivity index (χ1) is 5.03. The van der Waals surface area contributed by atoms with Crippen molar-refractivity contribution in [3.63, 3.8) is 0 Å². The Balaban J connectivity index is 2.60. The highest BCUT2D eigenvalue weighted by molar-refractivity contribution is 4.88. The fourth-order valence-electron chi connectivity index (χ4n) is 1.53. The average Bonchev–Trinajstić information content (AvgIpc) is 1.83. The number of nitriles is 1. The van der Waals surface area contributed by atoms with Gasteiger partial charge in [0.2, 0.25) is 0 Å². The van der Waals surface area contributed by atoms with Crippen molar-refractivity contribution in [1.29, 1.82) is 5.26 Å². The minimum Gasteiger partial charge on any atom is -0.369 e. The second-order valence-corrected chi connectivity index (χ2v) is 3.67. The van der Waals surface area contributed by atoms with Gasteiger partial charge < -0.3 is 9.64 Å². The zero-order valence-corrected chi connectivity index (χ0v) is 7.29. The van der Waals surface area contributed by atoms with Crippen LogP contribution in [-0.2, 0) is 4.74 Å². The van der Waals surface area contributed by atoms with Crippen molar-refractivity contribution < 1.29 is 4.74 Å². The summed E-state index contributed by atoms with van der Waals surface area (Å²) in [6.45, 7) is 7.43. The van der Waals surface area contributed by atoms with E-state index in [2.05, 4.69) is 6.19 Å². The van der Waals surface area contributed by atoms with E-state index in [0.717, 1.165) is 6.54 Å². The SMILES string of the molecule is CC1CN(C#N)CC(C)(C)O1. The van der Waals surface area contributed by atoms with Crippen LogP contribution in [0.4, 0.5) is 0 Å². The molecule has 1 saturated heterocycles. The Bertz CT molecular complexity index is 183. The molecule has 0 N–H and O–H groups in total. The summed E-state index contributed by atoms with van der Waals surface area (Å²) in [5.41, 5.74) is -0.173. The van der Waals surface area contributed by atoms with E-state index in [0.29, 0.717) is 6.54 Å². The maximum absolute atomic E-state index is 8.66. The molecule has 0 aromatic carbocycles. The monoisotopic (exact) mass is 154 g/mol. The number of nitrogens with zero attached hydrogens (tertiary/aromatic N) is 2. The molecule has 62 valence electrons. The number of ether oxygens (including phenoxy) is 1. The zero-order chi connectivity index (χ0) is 8.48. The normalized spacial score (nSPS) is 29.6. The lowest BCUT2D eigenvalue weighted by atomic mass is 10.1. The Kier molecular flexibility index (Phi) is 2.05. The highest BCUT2D eigenvalue weighted by atomic mass is 16.5. The Morgan fingerprint density at radius 1 is 1.64 bits per heavy atom. The van der Waals surface area contributed by atoms with Gasteiger partial charge in [-0.3, -0.25) is 0 Å². The molecular weight excluding hydrogens is 140 g/mol. The van der Waals surface area contributed by atoms with Crippen molar-refractivity contribution in [1.82, 2.24) is 4.90 Å². The second kappa shape index (κ2) is 2.71. The molecule has 0 aromatic rings. The number of morpholine rings is 1. The van der Waals surface area contributed by atoms with Crippen molar-refractivity contribution in [2.75, 3.05) is 13.1 Å². The van der Waals surface area contributed by atoms with Gasteiger partial charge in [-0.2, -0.15) is 5.26 Å². The van der Waals surface area contributed by atoms with Crippen LogP contribution in [0.25, 0.3) is 0 Å². The van der Waals surface area contributed by atoms with E-state index >= 15 is 0 Å². The molecule has 0 amide bonds. The summed E-state index contributed by atoms with van der Waals surface area (Å²) in [7, 11) is 0. The van der Waals surface area contributed by atoms with E-state index in [1.807, 2.05) is 20.8 Å². The van der Waals surface area contributed by atoms with Crippen molar-refractivity contribution in [3.8, 4) is 6.19 Å². The van der Waals surface area contributed by atoms with Crippen LogP contribution in [0.3, 0.4) is 0 Å². The summed E-state index contributed by atoms with van der Waals surface area (Å²) >= 11 is 0. The zero-order valence-electron chi connectivity index (χ0n) is 7.29. The standard InChI is InChI=1S/C8H14N2O/c1-7-4-10(6-9)5-8(2,3)11-7/h7H,4-5H2,1-3H3. The highest BCUT2D eigenvalue weighted by Crippen LogP contribution is 2.19. The first-order valence-corrected chi connectivity index (χ1v) is 3.86. The van der Waals surface area contributed by atoms with Gasteiger partial charge in [0, 0.05) is 0 Å². The molecule has 0 bridgehead atoms. The molecule has 1 atom stereocenters. The highest BCUT2D eigenvalue weighted by Gasteiger charge is 2.30. The van der Waals surface area contributed by atoms with E-state index in [-0.39, 0.29) is 11.7 Å². The van der Waals surface area contributed by atoms with Crippen LogP contribution in [0.1, 0.15) is 20.8 Å². The lowest BCUT2D eigenvalue weighted by molar-refractivity contribution is -0.115. The fourth-order valence-corrected chi connectivity index (χ4v) is 1.53. The van der Waals surface area contributed by atoms with Gasteiger partial charge >= 0.3 is 0 Å². The molecule has 0 saturated carbocycles. The molecule has 1 fully saturated rings. The topological polar surface area (TPSA) is 36.3 Å². The Morgan fingerprint density at radius 3 is 2.73 bits per heavy atom. The predicted octanol–water partition coefficient (Wildman–Crippen LogP) is 0.967. The molecule has 1 heterocycles. The first-order valence-electron chi connectivity index (χ1n) is 3.86. The van der Waals surface area contributed by atoms with E-state index in [1.165, 1.54) is 0 Å². The van der Waals surface area contributed by atoms with Crippen molar-refractivity contribution in [2.45, 2.75) is 32.5 Å². The van der Waals surface area contributed by atoms with Crippen LogP contribution >= 0.6 is 0 Å². The lowest BCUT2D eigenvalue weighted by Gasteiger charge is -2.39. The van der Waals surface area contributed by atoms with Crippen LogP contribution in [0.2, 0.25) is 0 Å². The van der Waals surface area contributed by atoms with Gasteiger partial charge in [-0.15, -0.1) is 0 Å². The maximum atomic E-state index is 8.66. The molecule has 0 spiro atoms. The number of hydrogen-bond donors (Lipinski definition) is 0. The quantitative estimate of drug-likeness (QED) is 0.488. The third kappa shape index (κ3) is 2.09. The average molecular weight is 154 g/mol. The third-order valence-electron chi connectivity index (χ3n) is 1.71. The van der Waals surface area contributed by atoms with E-state index in [1.54, 1.807) is 4.90 Å². The van der Waals surface area contributed by atoms with Gasteiger partial charge in [-0.25, -0.2) is 0 Å². The number of hydrogen-bond acceptors (Lipinski definition) is 3. The van der Waals surface area contributed by atoms with Crippen LogP contribution in [0.15, 0.2) is 0 Å². The molecule has 1 aliphatic heterocycles. The predicted molar refractivity (Wildman–Crippen MR) is 41.8 cm³/mol. The minimum atomic E-state index is -0.173. The largest absolute Gasteiger partial charge is 0.369 e. The Hall–Kier alpha value is -0.750. The summed E-state index contributed by atoms with van der Waals surface area (Å²) in [6, 6.07) is 0. The van der Waals surface area contributed by atoms with Crippen molar-refractivity contribution in [2.24, 2.45) is 0 Å². The van der Waals surface area contributed by atoms with E-state index in [9.17, 15) is 0 Å². The van der Waals surface area contributed by atoms with E-state index < -0.39 is 0 Å². The van der Waals surface area contributed by atoms with Gasteiger partial charge in [0.25, 0.3) is 0 Å². The van der Waals surface area contributed by atoms with Gasteiger partial charge in [0.05, 0.1) is 24.8 Å². The molecule has 3 heteroatoms. The maximum Gasteiger partial charge on any atom is 0.179 e. The van der Waals surface area contributed by atoms with Gasteiger partial charge in [-0.05, 0) is 20.8 Å². The molecule has 0 aromatic heterocycles. The minimum absolute atomic E-state index is 0.165. The number of rotatable bonds is 0. The molecule has 1 rings (SSSR count). The molecule has 3 nitrogen and oxygen atoms in total. The first kappa shape index (κ1) is 8.35. The summed E-state index contributed by atoms with van der Waals surface area (Å²) < 4.78 is 5.61. The molecule has 11 heavy (non-hydrogen) atoms. The van der Waals surface area contributed by atoms with Crippen molar-refractivity contribution in [3.05, 3.63) is 0 Å². The van der Waals surface area contributed by atoms with Crippen LogP contribution < -0.4 is 0 Å². The molecule has 1 aliphatic rings.